The number of carbonyl (C=O) groups excluding carboxylic acids is 1. The van der Waals surface area contributed by atoms with E-state index in [0.29, 0.717) is 6.54 Å². The maximum Gasteiger partial charge on any atom is 0.417 e. The second kappa shape index (κ2) is 7.32. The van der Waals surface area contributed by atoms with Crippen LogP contribution in [-0.2, 0) is 6.18 Å². The lowest BCUT2D eigenvalue weighted by molar-refractivity contribution is -0.137. The Labute approximate surface area is 127 Å². The lowest BCUT2D eigenvalue weighted by atomic mass is 10.1. The highest BCUT2D eigenvalue weighted by Gasteiger charge is 2.34. The van der Waals surface area contributed by atoms with Gasteiger partial charge in [0, 0.05) is 0 Å². The average molecular weight is 310 g/mol. The van der Waals surface area contributed by atoms with E-state index in [2.05, 4.69) is 22.1 Å². The van der Waals surface area contributed by atoms with Gasteiger partial charge in [-0.1, -0.05) is 24.0 Å². The Kier molecular flexibility index (Phi) is 5.45. The van der Waals surface area contributed by atoms with Gasteiger partial charge in [0.25, 0.3) is 5.91 Å². The topological polar surface area (TPSA) is 32.3 Å². The van der Waals surface area contributed by atoms with Crippen molar-refractivity contribution in [1.29, 1.82) is 0 Å². The van der Waals surface area contributed by atoms with Crippen molar-refractivity contribution in [2.45, 2.75) is 19.0 Å². The molecule has 0 unspecified atom stereocenters. The Morgan fingerprint density at radius 2 is 1.86 bits per heavy atom. The number of nitrogens with one attached hydrogen (secondary N) is 1. The molecule has 2 rings (SSSR count). The molecular formula is C16H17F3N2O. The molecule has 1 saturated heterocycles. The van der Waals surface area contributed by atoms with Gasteiger partial charge in [0.2, 0.25) is 0 Å². The number of hydrogen-bond acceptors (Lipinski definition) is 2. The summed E-state index contributed by atoms with van der Waals surface area (Å²) in [5.74, 6) is 4.92. The fourth-order valence-electron chi connectivity index (χ4n) is 2.32. The second-order valence-corrected chi connectivity index (χ2v) is 5.06. The van der Waals surface area contributed by atoms with Crippen molar-refractivity contribution in [1.82, 2.24) is 10.2 Å². The van der Waals surface area contributed by atoms with Crippen LogP contribution in [0.5, 0.6) is 0 Å². The van der Waals surface area contributed by atoms with Crippen LogP contribution in [0.1, 0.15) is 28.8 Å². The summed E-state index contributed by atoms with van der Waals surface area (Å²) in [4.78, 5) is 14.0. The molecule has 0 bridgehead atoms. The normalized spacial score (nSPS) is 15.2. The SMILES string of the molecule is O=C(NCC#CCN1CCCC1)c1ccccc1C(F)(F)F. The molecule has 1 heterocycles. The fraction of sp³-hybridized carbons (Fsp3) is 0.438. The van der Waals surface area contributed by atoms with E-state index in [4.69, 9.17) is 0 Å². The number of rotatable bonds is 3. The molecule has 1 aliphatic heterocycles. The van der Waals surface area contributed by atoms with E-state index < -0.39 is 17.6 Å². The van der Waals surface area contributed by atoms with Crippen LogP contribution in [0.25, 0.3) is 0 Å². The van der Waals surface area contributed by atoms with Gasteiger partial charge in [-0.15, -0.1) is 0 Å². The second-order valence-electron chi connectivity index (χ2n) is 5.06. The first-order chi connectivity index (χ1) is 10.5. The number of alkyl halides is 3. The molecule has 0 radical (unpaired) electrons. The Bertz CT molecular complexity index is 581. The third kappa shape index (κ3) is 4.50. The molecule has 0 spiro atoms. The molecule has 0 aromatic heterocycles. The predicted octanol–water partition coefficient (Wildman–Crippen LogP) is 2.53. The van der Waals surface area contributed by atoms with E-state index in [0.717, 1.165) is 25.2 Å². The van der Waals surface area contributed by atoms with E-state index in [9.17, 15) is 18.0 Å². The van der Waals surface area contributed by atoms with Gasteiger partial charge in [0.1, 0.15) is 0 Å². The van der Waals surface area contributed by atoms with E-state index in [-0.39, 0.29) is 12.1 Å². The number of likely N-dealkylation sites (tertiary alicyclic amines) is 1. The molecular weight excluding hydrogens is 293 g/mol. The summed E-state index contributed by atoms with van der Waals surface area (Å²) in [5, 5.41) is 2.41. The highest BCUT2D eigenvalue weighted by molar-refractivity contribution is 5.96. The first-order valence-corrected chi connectivity index (χ1v) is 7.11. The van der Waals surface area contributed by atoms with Crippen LogP contribution in [0.3, 0.4) is 0 Å². The zero-order valence-corrected chi connectivity index (χ0v) is 12.0. The van der Waals surface area contributed by atoms with Gasteiger partial charge in [-0.25, -0.2) is 0 Å². The van der Waals surface area contributed by atoms with Crippen molar-refractivity contribution in [2.75, 3.05) is 26.2 Å². The first-order valence-electron chi connectivity index (χ1n) is 7.11. The number of nitrogens with zero attached hydrogens (tertiary/aromatic N) is 1. The molecule has 3 nitrogen and oxygen atoms in total. The van der Waals surface area contributed by atoms with E-state index in [1.165, 1.54) is 25.0 Å². The monoisotopic (exact) mass is 310 g/mol. The number of carbonyl (C=O) groups is 1. The van der Waals surface area contributed by atoms with E-state index in [1.54, 1.807) is 0 Å². The van der Waals surface area contributed by atoms with Gasteiger partial charge in [-0.05, 0) is 38.1 Å². The molecule has 1 amide bonds. The van der Waals surface area contributed by atoms with Crippen molar-refractivity contribution in [3.8, 4) is 11.8 Å². The molecule has 1 fully saturated rings. The van der Waals surface area contributed by atoms with Gasteiger partial charge in [-0.2, -0.15) is 13.2 Å². The Morgan fingerprint density at radius 1 is 1.18 bits per heavy atom. The average Bonchev–Trinajstić information content (AvgIpc) is 2.99. The standard InChI is InChI=1S/C16H17F3N2O/c17-16(18,19)14-8-2-1-7-13(14)15(22)20-9-3-4-10-21-11-5-6-12-21/h1-2,7-8H,5-6,9-12H2,(H,20,22). The quantitative estimate of drug-likeness (QED) is 0.870. The minimum atomic E-state index is -4.55. The molecule has 0 aliphatic carbocycles. The lowest BCUT2D eigenvalue weighted by Crippen LogP contribution is -2.26. The third-order valence-electron chi connectivity index (χ3n) is 3.44. The molecule has 1 aromatic rings. The maximum absolute atomic E-state index is 12.8. The van der Waals surface area contributed by atoms with Crippen molar-refractivity contribution < 1.29 is 18.0 Å². The fourth-order valence-corrected chi connectivity index (χ4v) is 2.32. The zero-order chi connectivity index (χ0) is 16.0. The number of amides is 1. The summed E-state index contributed by atoms with van der Waals surface area (Å²) in [6.07, 6.45) is -2.20. The molecule has 0 atom stereocenters. The minimum absolute atomic E-state index is 0.0405. The van der Waals surface area contributed by atoms with Crippen molar-refractivity contribution in [3.63, 3.8) is 0 Å². The van der Waals surface area contributed by atoms with Gasteiger partial charge >= 0.3 is 6.18 Å². The molecule has 1 aliphatic rings. The van der Waals surface area contributed by atoms with Gasteiger partial charge < -0.3 is 5.32 Å². The summed E-state index contributed by atoms with van der Waals surface area (Å²) in [7, 11) is 0. The van der Waals surface area contributed by atoms with Crippen LogP contribution >= 0.6 is 0 Å². The van der Waals surface area contributed by atoms with E-state index in [1.807, 2.05) is 0 Å². The largest absolute Gasteiger partial charge is 0.417 e. The van der Waals surface area contributed by atoms with Crippen molar-refractivity contribution in [2.24, 2.45) is 0 Å². The summed E-state index contributed by atoms with van der Waals surface area (Å²) in [6.45, 7) is 2.73. The van der Waals surface area contributed by atoms with Gasteiger partial charge in [0.05, 0.1) is 24.2 Å². The number of hydrogen-bond donors (Lipinski definition) is 1. The smallest absolute Gasteiger partial charge is 0.341 e. The molecule has 1 aromatic carbocycles. The molecule has 0 saturated carbocycles. The highest BCUT2D eigenvalue weighted by Crippen LogP contribution is 2.31. The maximum atomic E-state index is 12.8. The minimum Gasteiger partial charge on any atom is -0.341 e. The van der Waals surface area contributed by atoms with Gasteiger partial charge in [-0.3, -0.25) is 9.69 Å². The number of halogens is 3. The lowest BCUT2D eigenvalue weighted by Gasteiger charge is -2.11. The molecule has 6 heteroatoms. The van der Waals surface area contributed by atoms with E-state index >= 15 is 0 Å². The van der Waals surface area contributed by atoms with Gasteiger partial charge in [0.15, 0.2) is 0 Å². The van der Waals surface area contributed by atoms with Crippen LogP contribution in [0.2, 0.25) is 0 Å². The summed E-state index contributed by atoms with van der Waals surface area (Å²) in [6, 6.07) is 4.72. The number of benzene rings is 1. The Hall–Kier alpha value is -2.00. The van der Waals surface area contributed by atoms with Crippen LogP contribution in [0.4, 0.5) is 13.2 Å². The third-order valence-corrected chi connectivity index (χ3v) is 3.44. The summed E-state index contributed by atoms with van der Waals surface area (Å²) in [5.41, 5.74) is -1.31. The first kappa shape index (κ1) is 16.4. The van der Waals surface area contributed by atoms with Crippen LogP contribution < -0.4 is 5.32 Å². The zero-order valence-electron chi connectivity index (χ0n) is 12.0. The van der Waals surface area contributed by atoms with Crippen LogP contribution in [0, 0.1) is 11.8 Å². The highest BCUT2D eigenvalue weighted by atomic mass is 19.4. The van der Waals surface area contributed by atoms with Crippen molar-refractivity contribution in [3.05, 3.63) is 35.4 Å². The molecule has 22 heavy (non-hydrogen) atoms. The van der Waals surface area contributed by atoms with Crippen LogP contribution in [-0.4, -0.2) is 37.0 Å². The molecule has 1 N–H and O–H groups in total. The predicted molar refractivity (Wildman–Crippen MR) is 77.2 cm³/mol. The Balaban J connectivity index is 1.89. The Morgan fingerprint density at radius 3 is 2.55 bits per heavy atom. The summed E-state index contributed by atoms with van der Waals surface area (Å²) >= 11 is 0. The molecule has 118 valence electrons. The van der Waals surface area contributed by atoms with Crippen molar-refractivity contribution >= 4 is 5.91 Å². The summed E-state index contributed by atoms with van der Waals surface area (Å²) < 4.78 is 38.4. The van der Waals surface area contributed by atoms with Crippen LogP contribution in [0.15, 0.2) is 24.3 Å².